The van der Waals surface area contributed by atoms with Crippen molar-refractivity contribution in [2.24, 2.45) is 10.2 Å². The molecule has 0 aliphatic carbocycles. The normalized spacial score (nSPS) is 20.5. The predicted octanol–water partition coefficient (Wildman–Crippen LogP) is 4.26. The lowest BCUT2D eigenvalue weighted by atomic mass is 10.3. The van der Waals surface area contributed by atoms with Gasteiger partial charge in [-0.05, 0) is 42.6 Å². The van der Waals surface area contributed by atoms with Crippen LogP contribution in [0.15, 0.2) is 52.0 Å². The largest absolute Gasteiger partial charge is 0.273 e. The van der Waals surface area contributed by atoms with E-state index in [0.717, 1.165) is 10.6 Å². The van der Waals surface area contributed by atoms with Gasteiger partial charge in [-0.3, -0.25) is 9.69 Å². The number of anilines is 1. The van der Waals surface area contributed by atoms with Crippen LogP contribution in [0.1, 0.15) is 11.8 Å². The molecule has 7 heteroatoms. The van der Waals surface area contributed by atoms with Crippen molar-refractivity contribution in [2.45, 2.75) is 12.2 Å². The Balaban J connectivity index is 1.88. The fourth-order valence-electron chi connectivity index (χ4n) is 1.93. The van der Waals surface area contributed by atoms with Crippen LogP contribution in [-0.2, 0) is 4.79 Å². The lowest BCUT2D eigenvalue weighted by Gasteiger charge is -2.15. The summed E-state index contributed by atoms with van der Waals surface area (Å²) in [4.78, 5) is 14.9. The molecule has 1 aliphatic heterocycles. The van der Waals surface area contributed by atoms with E-state index in [0.29, 0.717) is 10.2 Å². The van der Waals surface area contributed by atoms with Crippen LogP contribution in [0.5, 0.6) is 0 Å². The zero-order chi connectivity index (χ0) is 15.5. The molecule has 1 aliphatic rings. The molecule has 0 spiro atoms. The Hall–Kier alpha value is -1.63. The Morgan fingerprint density at radius 2 is 2.05 bits per heavy atom. The number of carbonyl (C=O) groups is 1. The van der Waals surface area contributed by atoms with Crippen LogP contribution >= 0.6 is 34.7 Å². The highest BCUT2D eigenvalue weighted by atomic mass is 35.5. The molecule has 0 bridgehead atoms. The summed E-state index contributed by atoms with van der Waals surface area (Å²) in [6.07, 6.45) is 1.69. The van der Waals surface area contributed by atoms with Gasteiger partial charge < -0.3 is 0 Å². The van der Waals surface area contributed by atoms with Crippen LogP contribution in [0.4, 0.5) is 5.69 Å². The Morgan fingerprint density at radius 1 is 1.27 bits per heavy atom. The van der Waals surface area contributed by atoms with Crippen molar-refractivity contribution in [2.75, 3.05) is 4.90 Å². The summed E-state index contributed by atoms with van der Waals surface area (Å²) in [5.74, 6) is -0.00241. The zero-order valence-electron chi connectivity index (χ0n) is 11.6. The smallest absolute Gasteiger partial charge is 0.246 e. The van der Waals surface area contributed by atoms with Crippen LogP contribution in [0, 0.1) is 0 Å². The third-order valence-electron chi connectivity index (χ3n) is 3.00. The van der Waals surface area contributed by atoms with Gasteiger partial charge in [0.05, 0.1) is 17.2 Å². The van der Waals surface area contributed by atoms with E-state index in [1.54, 1.807) is 46.7 Å². The summed E-state index contributed by atoms with van der Waals surface area (Å²) in [7, 11) is 0. The molecule has 4 nitrogen and oxygen atoms in total. The SMILES string of the molecule is CC1S/C(=N\N=C\c2cccs2)N(c2ccc(Cl)cc2)C1=O. The number of hydrogen-bond donors (Lipinski definition) is 0. The van der Waals surface area contributed by atoms with Gasteiger partial charge >= 0.3 is 0 Å². The summed E-state index contributed by atoms with van der Waals surface area (Å²) < 4.78 is 0. The molecule has 1 fully saturated rings. The Kier molecular flexibility index (Phi) is 4.61. The fraction of sp³-hybridized carbons (Fsp3) is 0.133. The van der Waals surface area contributed by atoms with Crippen molar-refractivity contribution in [3.8, 4) is 0 Å². The van der Waals surface area contributed by atoms with Gasteiger partial charge in [0.25, 0.3) is 0 Å². The quantitative estimate of drug-likeness (QED) is 0.614. The molecule has 2 heterocycles. The first-order valence-corrected chi connectivity index (χ1v) is 8.69. The number of thioether (sulfide) groups is 1. The lowest BCUT2D eigenvalue weighted by Crippen LogP contribution is -2.31. The summed E-state index contributed by atoms with van der Waals surface area (Å²) in [6.45, 7) is 1.86. The zero-order valence-corrected chi connectivity index (χ0v) is 14.0. The molecule has 2 aromatic rings. The number of halogens is 1. The molecule has 3 rings (SSSR count). The van der Waals surface area contributed by atoms with Crippen LogP contribution in [-0.4, -0.2) is 22.5 Å². The van der Waals surface area contributed by atoms with E-state index in [-0.39, 0.29) is 11.2 Å². The molecule has 0 radical (unpaired) electrons. The van der Waals surface area contributed by atoms with Gasteiger partial charge in [-0.25, -0.2) is 0 Å². The maximum atomic E-state index is 12.3. The summed E-state index contributed by atoms with van der Waals surface area (Å²) in [6, 6.07) is 11.0. The van der Waals surface area contributed by atoms with Crippen molar-refractivity contribution in [3.05, 3.63) is 51.7 Å². The van der Waals surface area contributed by atoms with E-state index in [1.165, 1.54) is 11.8 Å². The van der Waals surface area contributed by atoms with E-state index in [4.69, 9.17) is 11.6 Å². The van der Waals surface area contributed by atoms with Gasteiger partial charge in [0.15, 0.2) is 5.17 Å². The highest BCUT2D eigenvalue weighted by Gasteiger charge is 2.36. The average molecular weight is 350 g/mol. The Morgan fingerprint density at radius 3 is 2.73 bits per heavy atom. The van der Waals surface area contributed by atoms with E-state index >= 15 is 0 Å². The standard InChI is InChI=1S/C15H12ClN3OS2/c1-10-14(20)19(12-6-4-11(16)5-7-12)15(22-10)18-17-9-13-3-2-8-21-13/h2-10H,1H3/b17-9+,18-15-. The Labute approximate surface area is 141 Å². The minimum absolute atomic E-state index is 0.00241. The molecule has 0 N–H and O–H groups in total. The molecule has 1 atom stereocenters. The summed E-state index contributed by atoms with van der Waals surface area (Å²) in [5, 5.41) is 11.3. The molecule has 22 heavy (non-hydrogen) atoms. The molecular weight excluding hydrogens is 338 g/mol. The topological polar surface area (TPSA) is 45.0 Å². The van der Waals surface area contributed by atoms with Crippen molar-refractivity contribution in [1.82, 2.24) is 0 Å². The second-order valence-electron chi connectivity index (χ2n) is 4.55. The molecular formula is C15H12ClN3OS2. The highest BCUT2D eigenvalue weighted by Crippen LogP contribution is 2.32. The molecule has 1 unspecified atom stereocenters. The third kappa shape index (κ3) is 3.24. The van der Waals surface area contributed by atoms with Crippen LogP contribution < -0.4 is 4.90 Å². The molecule has 1 aromatic carbocycles. The number of rotatable bonds is 3. The minimum atomic E-state index is -0.175. The first-order chi connectivity index (χ1) is 10.6. The van der Waals surface area contributed by atoms with Gasteiger partial charge in [-0.1, -0.05) is 29.4 Å². The van der Waals surface area contributed by atoms with Gasteiger partial charge in [0.1, 0.15) is 0 Å². The average Bonchev–Trinajstić information content (AvgIpc) is 3.10. The van der Waals surface area contributed by atoms with Crippen LogP contribution in [0.25, 0.3) is 0 Å². The van der Waals surface area contributed by atoms with Crippen molar-refractivity contribution in [3.63, 3.8) is 0 Å². The number of amides is 1. The Bertz CT molecular complexity index is 726. The summed E-state index contributed by atoms with van der Waals surface area (Å²) in [5.41, 5.74) is 0.747. The van der Waals surface area contributed by atoms with Gasteiger partial charge in [0.2, 0.25) is 5.91 Å². The van der Waals surface area contributed by atoms with E-state index < -0.39 is 0 Å². The summed E-state index contributed by atoms with van der Waals surface area (Å²) >= 11 is 8.88. The number of hydrogen-bond acceptors (Lipinski definition) is 5. The van der Waals surface area contributed by atoms with Crippen LogP contribution in [0.3, 0.4) is 0 Å². The molecule has 1 saturated heterocycles. The number of nitrogens with zero attached hydrogens (tertiary/aromatic N) is 3. The van der Waals surface area contributed by atoms with Crippen LogP contribution in [0.2, 0.25) is 5.02 Å². The number of thiophene rings is 1. The first-order valence-electron chi connectivity index (χ1n) is 6.56. The van der Waals surface area contributed by atoms with Crippen molar-refractivity contribution < 1.29 is 4.79 Å². The highest BCUT2D eigenvalue weighted by molar-refractivity contribution is 8.16. The number of benzene rings is 1. The second-order valence-corrected chi connectivity index (χ2v) is 7.28. The van der Waals surface area contributed by atoms with E-state index in [9.17, 15) is 4.79 Å². The first kappa shape index (κ1) is 15.3. The molecule has 1 aromatic heterocycles. The predicted molar refractivity (Wildman–Crippen MR) is 95.3 cm³/mol. The van der Waals surface area contributed by atoms with E-state index in [2.05, 4.69) is 10.2 Å². The third-order valence-corrected chi connectivity index (χ3v) is 5.09. The fourth-order valence-corrected chi connectivity index (χ4v) is 3.56. The maximum Gasteiger partial charge on any atom is 0.246 e. The van der Waals surface area contributed by atoms with Crippen molar-refractivity contribution in [1.29, 1.82) is 0 Å². The second kappa shape index (κ2) is 6.64. The number of amidine groups is 1. The number of carbonyl (C=O) groups excluding carboxylic acids is 1. The van der Waals surface area contributed by atoms with E-state index in [1.807, 2.05) is 24.4 Å². The molecule has 1 amide bonds. The lowest BCUT2D eigenvalue weighted by molar-refractivity contribution is -0.116. The molecule has 112 valence electrons. The minimum Gasteiger partial charge on any atom is -0.273 e. The van der Waals surface area contributed by atoms with Crippen molar-refractivity contribution >= 4 is 57.7 Å². The maximum absolute atomic E-state index is 12.3. The monoisotopic (exact) mass is 349 g/mol. The van der Waals surface area contributed by atoms with Gasteiger partial charge in [-0.15, -0.1) is 16.4 Å². The van der Waals surface area contributed by atoms with Gasteiger partial charge in [0, 0.05) is 9.90 Å². The van der Waals surface area contributed by atoms with Gasteiger partial charge in [-0.2, -0.15) is 5.10 Å². The molecule has 0 saturated carbocycles.